The number of hydrogen-bond acceptors (Lipinski definition) is 4. The highest BCUT2D eigenvalue weighted by atomic mass is 16.4. The first-order chi connectivity index (χ1) is 9.04. The van der Waals surface area contributed by atoms with Gasteiger partial charge in [-0.25, -0.2) is 0 Å². The molecule has 19 heavy (non-hydrogen) atoms. The van der Waals surface area contributed by atoms with Crippen LogP contribution < -0.4 is 0 Å². The Morgan fingerprint density at radius 3 is 2.47 bits per heavy atom. The molecule has 0 aromatic heterocycles. The number of carboxylic acids is 1. The molecule has 1 amide bonds. The molecule has 0 aliphatic carbocycles. The number of rotatable bonds is 8. The lowest BCUT2D eigenvalue weighted by atomic mass is 10.1. The van der Waals surface area contributed by atoms with E-state index in [1.165, 1.54) is 0 Å². The van der Waals surface area contributed by atoms with Crippen LogP contribution in [0.2, 0.25) is 0 Å². The van der Waals surface area contributed by atoms with Crippen molar-refractivity contribution in [1.29, 1.82) is 0 Å². The number of aliphatic hydroxyl groups excluding tert-OH is 1. The number of aliphatic hydroxyl groups is 1. The van der Waals surface area contributed by atoms with Crippen molar-refractivity contribution in [2.45, 2.75) is 26.2 Å². The average Bonchev–Trinajstić information content (AvgIpc) is 2.89. The molecule has 1 saturated heterocycles. The third-order valence-electron chi connectivity index (χ3n) is 3.40. The van der Waals surface area contributed by atoms with E-state index in [2.05, 4.69) is 0 Å². The fraction of sp³-hybridized carbons (Fsp3) is 0.846. The van der Waals surface area contributed by atoms with Crippen molar-refractivity contribution in [2.24, 2.45) is 5.92 Å². The maximum atomic E-state index is 12.0. The van der Waals surface area contributed by atoms with Gasteiger partial charge in [-0.2, -0.15) is 0 Å². The number of likely N-dealkylation sites (tertiary alicyclic amines) is 1. The summed E-state index contributed by atoms with van der Waals surface area (Å²) in [6, 6.07) is 0. The number of carbonyl (C=O) groups is 2. The number of hydrogen-bond donors (Lipinski definition) is 2. The molecule has 1 aliphatic rings. The van der Waals surface area contributed by atoms with Crippen molar-refractivity contribution in [1.82, 2.24) is 9.80 Å². The standard InChI is InChI=1S/C13H24N2O4/c1-11(13(18)19)9-14(5-4-8-16)10-12(17)15-6-2-3-7-15/h11,16H,2-10H2,1H3,(H,18,19). The van der Waals surface area contributed by atoms with Gasteiger partial charge in [0.15, 0.2) is 0 Å². The summed E-state index contributed by atoms with van der Waals surface area (Å²) in [5, 5.41) is 17.8. The average molecular weight is 272 g/mol. The maximum absolute atomic E-state index is 12.0. The van der Waals surface area contributed by atoms with E-state index in [9.17, 15) is 9.59 Å². The summed E-state index contributed by atoms with van der Waals surface area (Å²) < 4.78 is 0. The second kappa shape index (κ2) is 8.12. The van der Waals surface area contributed by atoms with Crippen molar-refractivity contribution < 1.29 is 19.8 Å². The molecule has 0 spiro atoms. The number of carbonyl (C=O) groups excluding carboxylic acids is 1. The molecule has 1 heterocycles. The van der Waals surface area contributed by atoms with E-state index in [1.54, 1.807) is 6.92 Å². The smallest absolute Gasteiger partial charge is 0.307 e. The van der Waals surface area contributed by atoms with Gasteiger partial charge in [0.2, 0.25) is 5.91 Å². The lowest BCUT2D eigenvalue weighted by molar-refractivity contribution is -0.142. The van der Waals surface area contributed by atoms with Crippen LogP contribution in [0.4, 0.5) is 0 Å². The summed E-state index contributed by atoms with van der Waals surface area (Å²) in [6.07, 6.45) is 2.65. The van der Waals surface area contributed by atoms with Crippen LogP contribution in [0.25, 0.3) is 0 Å². The second-order valence-corrected chi connectivity index (χ2v) is 5.14. The van der Waals surface area contributed by atoms with Crippen LogP contribution in [-0.2, 0) is 9.59 Å². The van der Waals surface area contributed by atoms with Gasteiger partial charge < -0.3 is 15.1 Å². The Kier molecular flexibility index (Phi) is 6.80. The van der Waals surface area contributed by atoms with Crippen molar-refractivity contribution in [3.05, 3.63) is 0 Å². The van der Waals surface area contributed by atoms with Crippen LogP contribution in [0.3, 0.4) is 0 Å². The lowest BCUT2D eigenvalue weighted by Crippen LogP contribution is -2.42. The van der Waals surface area contributed by atoms with Crippen molar-refractivity contribution in [2.75, 3.05) is 39.3 Å². The lowest BCUT2D eigenvalue weighted by Gasteiger charge is -2.25. The van der Waals surface area contributed by atoms with Gasteiger partial charge in [0, 0.05) is 32.8 Å². The van der Waals surface area contributed by atoms with Crippen LogP contribution in [0, 0.1) is 5.92 Å². The first kappa shape index (κ1) is 15.9. The minimum Gasteiger partial charge on any atom is -0.481 e. The molecule has 1 atom stereocenters. The van der Waals surface area contributed by atoms with E-state index in [4.69, 9.17) is 10.2 Å². The van der Waals surface area contributed by atoms with Gasteiger partial charge in [-0.1, -0.05) is 6.92 Å². The van der Waals surface area contributed by atoms with Crippen LogP contribution >= 0.6 is 0 Å². The van der Waals surface area contributed by atoms with E-state index in [0.717, 1.165) is 25.9 Å². The third-order valence-corrected chi connectivity index (χ3v) is 3.40. The molecule has 0 bridgehead atoms. The fourth-order valence-corrected chi connectivity index (χ4v) is 2.25. The van der Waals surface area contributed by atoms with Crippen molar-refractivity contribution >= 4 is 11.9 Å². The van der Waals surface area contributed by atoms with Gasteiger partial charge in [0.05, 0.1) is 12.5 Å². The Hall–Kier alpha value is -1.14. The molecule has 0 saturated carbocycles. The third kappa shape index (κ3) is 5.57. The summed E-state index contributed by atoms with van der Waals surface area (Å²) in [7, 11) is 0. The van der Waals surface area contributed by atoms with E-state index >= 15 is 0 Å². The molecule has 0 aromatic carbocycles. The van der Waals surface area contributed by atoms with E-state index in [0.29, 0.717) is 19.5 Å². The molecule has 2 N–H and O–H groups in total. The number of nitrogens with zero attached hydrogens (tertiary/aromatic N) is 2. The Labute approximate surface area is 114 Å². The molecule has 0 aromatic rings. The molecule has 1 rings (SSSR count). The first-order valence-electron chi connectivity index (χ1n) is 6.88. The van der Waals surface area contributed by atoms with Gasteiger partial charge in [0.1, 0.15) is 0 Å². The predicted octanol–water partition coefficient (Wildman–Crippen LogP) is 0.0139. The summed E-state index contributed by atoms with van der Waals surface area (Å²) in [5.74, 6) is -1.30. The summed E-state index contributed by atoms with van der Waals surface area (Å²) in [6.45, 7) is 4.44. The zero-order valence-corrected chi connectivity index (χ0v) is 11.5. The van der Waals surface area contributed by atoms with E-state index in [-0.39, 0.29) is 19.1 Å². The molecule has 6 heteroatoms. The topological polar surface area (TPSA) is 81.1 Å². The highest BCUT2D eigenvalue weighted by molar-refractivity contribution is 5.78. The van der Waals surface area contributed by atoms with Gasteiger partial charge in [-0.05, 0) is 19.3 Å². The Balaban J connectivity index is 2.47. The van der Waals surface area contributed by atoms with Gasteiger partial charge in [-0.3, -0.25) is 14.5 Å². The van der Waals surface area contributed by atoms with Crippen LogP contribution in [0.15, 0.2) is 0 Å². The number of amides is 1. The second-order valence-electron chi connectivity index (χ2n) is 5.14. The maximum Gasteiger partial charge on any atom is 0.307 e. The minimum absolute atomic E-state index is 0.0514. The SMILES string of the molecule is CC(CN(CCCO)CC(=O)N1CCCC1)C(=O)O. The minimum atomic E-state index is -0.859. The van der Waals surface area contributed by atoms with Gasteiger partial charge in [0.25, 0.3) is 0 Å². The fourth-order valence-electron chi connectivity index (χ4n) is 2.25. The van der Waals surface area contributed by atoms with Crippen LogP contribution in [0.5, 0.6) is 0 Å². The molecule has 6 nitrogen and oxygen atoms in total. The highest BCUT2D eigenvalue weighted by Crippen LogP contribution is 2.09. The first-order valence-corrected chi connectivity index (χ1v) is 6.88. The zero-order chi connectivity index (χ0) is 14.3. The van der Waals surface area contributed by atoms with Gasteiger partial charge >= 0.3 is 5.97 Å². The normalized spacial score (nSPS) is 16.9. The Morgan fingerprint density at radius 1 is 1.32 bits per heavy atom. The summed E-state index contributed by atoms with van der Waals surface area (Å²) in [5.41, 5.74) is 0. The van der Waals surface area contributed by atoms with Gasteiger partial charge in [-0.15, -0.1) is 0 Å². The van der Waals surface area contributed by atoms with Crippen LogP contribution in [-0.4, -0.2) is 71.2 Å². The monoisotopic (exact) mass is 272 g/mol. The molecule has 110 valence electrons. The Bertz CT molecular complexity index is 303. The van der Waals surface area contributed by atoms with E-state index in [1.807, 2.05) is 9.80 Å². The molecular formula is C13H24N2O4. The number of carboxylic acid groups (broad SMARTS) is 1. The molecule has 0 radical (unpaired) electrons. The van der Waals surface area contributed by atoms with E-state index < -0.39 is 11.9 Å². The molecule has 1 aliphatic heterocycles. The molecular weight excluding hydrogens is 248 g/mol. The molecule has 1 unspecified atom stereocenters. The largest absolute Gasteiger partial charge is 0.481 e. The van der Waals surface area contributed by atoms with Crippen molar-refractivity contribution in [3.8, 4) is 0 Å². The predicted molar refractivity (Wildman–Crippen MR) is 70.8 cm³/mol. The summed E-state index contributed by atoms with van der Waals surface area (Å²) >= 11 is 0. The quantitative estimate of drug-likeness (QED) is 0.651. The highest BCUT2D eigenvalue weighted by Gasteiger charge is 2.22. The zero-order valence-electron chi connectivity index (χ0n) is 11.5. The summed E-state index contributed by atoms with van der Waals surface area (Å²) in [4.78, 5) is 26.6. The van der Waals surface area contributed by atoms with Crippen molar-refractivity contribution in [3.63, 3.8) is 0 Å². The Morgan fingerprint density at radius 2 is 1.95 bits per heavy atom. The number of aliphatic carboxylic acids is 1. The van der Waals surface area contributed by atoms with Crippen LogP contribution in [0.1, 0.15) is 26.2 Å². The molecule has 1 fully saturated rings.